The molecule has 5 heteroatoms. The number of nitrogens with two attached hydrogens (primary N) is 1. The number of carbonyl (C=O) groups excluding carboxylic acids is 1. The van der Waals surface area contributed by atoms with Crippen molar-refractivity contribution in [2.24, 2.45) is 5.73 Å². The molecule has 0 radical (unpaired) electrons. The zero-order valence-electron chi connectivity index (χ0n) is 13.2. The summed E-state index contributed by atoms with van der Waals surface area (Å²) in [6, 6.07) is 21.9. The average molecular weight is 371 g/mol. The highest BCUT2D eigenvalue weighted by Crippen LogP contribution is 2.30. The molecule has 0 fully saturated rings. The summed E-state index contributed by atoms with van der Waals surface area (Å²) in [6.45, 7) is 0. The van der Waals surface area contributed by atoms with E-state index in [9.17, 15) is 4.79 Å². The van der Waals surface area contributed by atoms with Crippen LogP contribution in [0, 0.1) is 0 Å². The van der Waals surface area contributed by atoms with E-state index in [0.717, 1.165) is 22.4 Å². The van der Waals surface area contributed by atoms with Crippen LogP contribution in [0.15, 0.2) is 72.8 Å². The molecule has 0 saturated heterocycles. The largest absolute Gasteiger partial charge is 0.370 e. The van der Waals surface area contributed by atoms with Gasteiger partial charge in [0.15, 0.2) is 0 Å². The number of halogens is 2. The number of rotatable bonds is 5. The van der Waals surface area contributed by atoms with Gasteiger partial charge in [-0.15, -0.1) is 0 Å². The van der Waals surface area contributed by atoms with Crippen LogP contribution in [0.4, 0.5) is 5.69 Å². The third kappa shape index (κ3) is 4.13. The summed E-state index contributed by atoms with van der Waals surface area (Å²) < 4.78 is 0. The molecular formula is C20H16Cl2N2O. The van der Waals surface area contributed by atoms with Gasteiger partial charge in [0.1, 0.15) is 6.04 Å². The molecule has 1 amide bonds. The third-order valence-corrected chi connectivity index (χ3v) is 4.58. The number of nitrogens with one attached hydrogen (secondary N) is 1. The van der Waals surface area contributed by atoms with Crippen molar-refractivity contribution in [3.8, 4) is 11.1 Å². The molecule has 3 N–H and O–H groups in total. The summed E-state index contributed by atoms with van der Waals surface area (Å²) >= 11 is 12.1. The van der Waals surface area contributed by atoms with Gasteiger partial charge in [-0.25, -0.2) is 0 Å². The fourth-order valence-corrected chi connectivity index (χ4v) is 2.89. The van der Waals surface area contributed by atoms with Gasteiger partial charge in [0, 0.05) is 5.69 Å². The molecule has 0 saturated carbocycles. The zero-order chi connectivity index (χ0) is 17.8. The predicted molar refractivity (Wildman–Crippen MR) is 104 cm³/mol. The van der Waals surface area contributed by atoms with Crippen LogP contribution in [0.25, 0.3) is 11.1 Å². The molecule has 3 nitrogen and oxygen atoms in total. The van der Waals surface area contributed by atoms with Gasteiger partial charge in [-0.3, -0.25) is 4.79 Å². The molecule has 0 aromatic heterocycles. The molecule has 0 bridgehead atoms. The molecule has 25 heavy (non-hydrogen) atoms. The summed E-state index contributed by atoms with van der Waals surface area (Å²) in [7, 11) is 0. The Balaban J connectivity index is 1.90. The van der Waals surface area contributed by atoms with E-state index in [2.05, 4.69) is 5.32 Å². The van der Waals surface area contributed by atoms with Gasteiger partial charge in [0.25, 0.3) is 0 Å². The fourth-order valence-electron chi connectivity index (χ4n) is 2.60. The number of hydrogen-bond acceptors (Lipinski definition) is 2. The summed E-state index contributed by atoms with van der Waals surface area (Å²) in [5.74, 6) is -0.439. The van der Waals surface area contributed by atoms with Gasteiger partial charge in [-0.2, -0.15) is 0 Å². The highest BCUT2D eigenvalue weighted by atomic mass is 35.5. The SMILES string of the molecule is NC(=O)[C@@H](Nc1cccc(-c2ccc(Cl)c(Cl)c2)c1)c1ccccc1. The Morgan fingerprint density at radius 2 is 1.56 bits per heavy atom. The first kappa shape index (κ1) is 17.3. The number of carbonyl (C=O) groups is 1. The number of anilines is 1. The standard InChI is InChI=1S/C20H16Cl2N2O/c21-17-10-9-15(12-18(17)22)14-7-4-8-16(11-14)24-19(20(23)25)13-5-2-1-3-6-13/h1-12,19,24H,(H2,23,25)/t19-/m0/s1. The van der Waals surface area contributed by atoms with Gasteiger partial charge in [-0.1, -0.05) is 71.7 Å². The first-order valence-corrected chi connectivity index (χ1v) is 8.46. The monoisotopic (exact) mass is 370 g/mol. The molecule has 0 heterocycles. The first-order chi connectivity index (χ1) is 12.0. The van der Waals surface area contributed by atoms with Crippen LogP contribution in [-0.2, 0) is 4.79 Å². The fraction of sp³-hybridized carbons (Fsp3) is 0.0500. The van der Waals surface area contributed by atoms with E-state index < -0.39 is 11.9 Å². The van der Waals surface area contributed by atoms with Crippen molar-refractivity contribution in [2.45, 2.75) is 6.04 Å². The van der Waals surface area contributed by atoms with Crippen molar-refractivity contribution in [1.29, 1.82) is 0 Å². The van der Waals surface area contributed by atoms with Crippen molar-refractivity contribution in [2.75, 3.05) is 5.32 Å². The Morgan fingerprint density at radius 3 is 2.24 bits per heavy atom. The number of benzene rings is 3. The maximum atomic E-state index is 11.9. The number of primary amides is 1. The van der Waals surface area contributed by atoms with Crippen LogP contribution in [-0.4, -0.2) is 5.91 Å². The molecule has 0 aliphatic heterocycles. The second kappa shape index (κ2) is 7.60. The normalized spacial score (nSPS) is 11.8. The van der Waals surface area contributed by atoms with E-state index in [1.807, 2.05) is 66.7 Å². The van der Waals surface area contributed by atoms with Gasteiger partial charge >= 0.3 is 0 Å². The Labute approximate surface area is 156 Å². The average Bonchev–Trinajstić information content (AvgIpc) is 2.63. The highest BCUT2D eigenvalue weighted by Gasteiger charge is 2.17. The molecule has 3 aromatic carbocycles. The molecular weight excluding hydrogens is 355 g/mol. The minimum absolute atomic E-state index is 0.439. The van der Waals surface area contributed by atoms with Gasteiger partial charge in [-0.05, 0) is 41.0 Å². The second-order valence-electron chi connectivity index (χ2n) is 5.60. The predicted octanol–water partition coefficient (Wildman–Crippen LogP) is 5.30. The van der Waals surface area contributed by atoms with E-state index in [1.165, 1.54) is 0 Å². The lowest BCUT2D eigenvalue weighted by Crippen LogP contribution is -2.27. The lowest BCUT2D eigenvalue weighted by Gasteiger charge is -2.18. The maximum absolute atomic E-state index is 11.9. The second-order valence-corrected chi connectivity index (χ2v) is 6.41. The van der Waals surface area contributed by atoms with E-state index in [0.29, 0.717) is 10.0 Å². The molecule has 126 valence electrons. The van der Waals surface area contributed by atoms with Crippen LogP contribution < -0.4 is 11.1 Å². The molecule has 0 aliphatic rings. The zero-order valence-corrected chi connectivity index (χ0v) is 14.8. The van der Waals surface area contributed by atoms with Crippen molar-refractivity contribution < 1.29 is 4.79 Å². The maximum Gasteiger partial charge on any atom is 0.244 e. The van der Waals surface area contributed by atoms with Crippen molar-refractivity contribution in [3.63, 3.8) is 0 Å². The summed E-state index contributed by atoms with van der Waals surface area (Å²) in [4.78, 5) is 11.9. The Morgan fingerprint density at radius 1 is 0.840 bits per heavy atom. The Kier molecular flexibility index (Phi) is 5.27. The molecule has 1 atom stereocenters. The van der Waals surface area contributed by atoms with Crippen LogP contribution in [0.1, 0.15) is 11.6 Å². The molecule has 0 aliphatic carbocycles. The van der Waals surface area contributed by atoms with Gasteiger partial charge in [0.2, 0.25) is 5.91 Å². The van der Waals surface area contributed by atoms with Crippen molar-refractivity contribution in [3.05, 3.63) is 88.4 Å². The van der Waals surface area contributed by atoms with E-state index in [4.69, 9.17) is 28.9 Å². The summed E-state index contributed by atoms with van der Waals surface area (Å²) in [5.41, 5.74) is 9.07. The summed E-state index contributed by atoms with van der Waals surface area (Å²) in [6.07, 6.45) is 0. The van der Waals surface area contributed by atoms with Crippen LogP contribution in [0.5, 0.6) is 0 Å². The molecule has 0 spiro atoms. The lowest BCUT2D eigenvalue weighted by atomic mass is 10.0. The van der Waals surface area contributed by atoms with Crippen LogP contribution in [0.3, 0.4) is 0 Å². The van der Waals surface area contributed by atoms with Gasteiger partial charge < -0.3 is 11.1 Å². The lowest BCUT2D eigenvalue weighted by molar-refractivity contribution is -0.118. The van der Waals surface area contributed by atoms with Gasteiger partial charge in [0.05, 0.1) is 10.0 Å². The van der Waals surface area contributed by atoms with E-state index in [1.54, 1.807) is 6.07 Å². The van der Waals surface area contributed by atoms with E-state index in [-0.39, 0.29) is 0 Å². The topological polar surface area (TPSA) is 55.1 Å². The minimum atomic E-state index is -0.606. The van der Waals surface area contributed by atoms with Crippen LogP contribution >= 0.6 is 23.2 Å². The number of hydrogen-bond donors (Lipinski definition) is 2. The molecule has 0 unspecified atom stereocenters. The third-order valence-electron chi connectivity index (χ3n) is 3.84. The Hall–Kier alpha value is -2.49. The van der Waals surface area contributed by atoms with Crippen molar-refractivity contribution in [1.82, 2.24) is 0 Å². The quantitative estimate of drug-likeness (QED) is 0.640. The highest BCUT2D eigenvalue weighted by molar-refractivity contribution is 6.42. The molecule has 3 aromatic rings. The first-order valence-electron chi connectivity index (χ1n) is 7.71. The minimum Gasteiger partial charge on any atom is -0.370 e. The van der Waals surface area contributed by atoms with Crippen molar-refractivity contribution >= 4 is 34.8 Å². The Bertz CT molecular complexity index is 897. The summed E-state index contributed by atoms with van der Waals surface area (Å²) in [5, 5.41) is 4.21. The number of amides is 1. The molecule has 3 rings (SSSR count). The smallest absolute Gasteiger partial charge is 0.244 e. The van der Waals surface area contributed by atoms with E-state index >= 15 is 0 Å². The van der Waals surface area contributed by atoms with Crippen LogP contribution in [0.2, 0.25) is 10.0 Å².